The van der Waals surface area contributed by atoms with Gasteiger partial charge in [-0.3, -0.25) is 4.79 Å². The second-order valence-corrected chi connectivity index (χ2v) is 7.57. The molecule has 0 atom stereocenters. The van der Waals surface area contributed by atoms with Crippen LogP contribution in [0.15, 0.2) is 78.4 Å². The molecular weight excluding hydrogens is 463 g/mol. The molecule has 0 aliphatic rings. The topological polar surface area (TPSA) is 69.2 Å². The lowest BCUT2D eigenvalue weighted by atomic mass is 10.2. The van der Waals surface area contributed by atoms with E-state index in [0.717, 1.165) is 11.1 Å². The van der Waals surface area contributed by atoms with Crippen LogP contribution in [0.5, 0.6) is 17.2 Å². The molecule has 3 aromatic carbocycles. The smallest absolute Gasteiger partial charge is 0.275 e. The van der Waals surface area contributed by atoms with Gasteiger partial charge < -0.3 is 14.2 Å². The van der Waals surface area contributed by atoms with Crippen molar-refractivity contribution in [2.24, 2.45) is 5.10 Å². The summed E-state index contributed by atoms with van der Waals surface area (Å²) in [6.07, 6.45) is 3.16. The van der Waals surface area contributed by atoms with E-state index in [4.69, 9.17) is 37.4 Å². The monoisotopic (exact) mass is 484 g/mol. The number of nitrogens with zero attached hydrogens (tertiary/aromatic N) is 1. The van der Waals surface area contributed by atoms with Crippen molar-refractivity contribution in [3.05, 3.63) is 100 Å². The Morgan fingerprint density at radius 1 is 1.03 bits per heavy atom. The van der Waals surface area contributed by atoms with Crippen LogP contribution in [0.25, 0.3) is 0 Å². The van der Waals surface area contributed by atoms with E-state index >= 15 is 0 Å². The number of rotatable bonds is 10. The maximum Gasteiger partial charge on any atom is 0.275 e. The number of hydrogen-bond donors (Lipinski definition) is 1. The second kappa shape index (κ2) is 11.9. The molecule has 0 bridgehead atoms. The van der Waals surface area contributed by atoms with Gasteiger partial charge in [-0.05, 0) is 48.0 Å². The lowest BCUT2D eigenvalue weighted by Gasteiger charge is -2.11. The van der Waals surface area contributed by atoms with Gasteiger partial charge in [-0.15, -0.1) is 0 Å². The summed E-state index contributed by atoms with van der Waals surface area (Å²) in [5, 5.41) is 5.07. The molecule has 33 heavy (non-hydrogen) atoms. The van der Waals surface area contributed by atoms with Gasteiger partial charge in [0, 0.05) is 15.6 Å². The Kier molecular flexibility index (Phi) is 8.75. The zero-order valence-corrected chi connectivity index (χ0v) is 19.4. The van der Waals surface area contributed by atoms with Crippen molar-refractivity contribution in [2.45, 2.75) is 6.61 Å². The number of hydrazone groups is 1. The van der Waals surface area contributed by atoms with E-state index in [-0.39, 0.29) is 6.61 Å². The van der Waals surface area contributed by atoms with Crippen molar-refractivity contribution >= 4 is 35.3 Å². The first-order valence-corrected chi connectivity index (χ1v) is 10.7. The predicted octanol–water partition coefficient (Wildman–Crippen LogP) is 5.91. The summed E-state index contributed by atoms with van der Waals surface area (Å²) in [6, 6.07) is 17.3. The largest absolute Gasteiger partial charge is 0.493 e. The number of ether oxygens (including phenoxy) is 3. The molecule has 8 heteroatoms. The Balaban J connectivity index is 1.66. The number of nitrogens with one attached hydrogen (secondary N) is 1. The Morgan fingerprint density at radius 2 is 1.85 bits per heavy atom. The van der Waals surface area contributed by atoms with Gasteiger partial charge in [-0.2, -0.15) is 5.10 Å². The molecule has 0 unspecified atom stereocenters. The van der Waals surface area contributed by atoms with Crippen LogP contribution in [0, 0.1) is 0 Å². The third kappa shape index (κ3) is 6.75. The number of methoxy groups -OCH3 is 1. The van der Waals surface area contributed by atoms with Crippen LogP contribution >= 0.6 is 23.2 Å². The molecule has 1 amide bonds. The number of carbonyl (C=O) groups excluding carboxylic acids is 1. The molecule has 6 nitrogen and oxygen atoms in total. The highest BCUT2D eigenvalue weighted by molar-refractivity contribution is 6.35. The van der Waals surface area contributed by atoms with Crippen LogP contribution in [0.3, 0.4) is 0 Å². The summed E-state index contributed by atoms with van der Waals surface area (Å²) in [5.74, 6) is 1.13. The number of para-hydroxylation sites is 1. The van der Waals surface area contributed by atoms with Crippen molar-refractivity contribution in [3.63, 3.8) is 0 Å². The average Bonchev–Trinajstić information content (AvgIpc) is 2.82. The van der Waals surface area contributed by atoms with E-state index in [1.165, 1.54) is 6.21 Å². The highest BCUT2D eigenvalue weighted by Gasteiger charge is 2.12. The summed E-state index contributed by atoms with van der Waals surface area (Å²) in [5.41, 5.74) is 4.33. The van der Waals surface area contributed by atoms with Crippen molar-refractivity contribution in [1.82, 2.24) is 5.43 Å². The molecule has 0 aliphatic carbocycles. The molecular formula is C25H22Cl2N2O4. The highest BCUT2D eigenvalue weighted by atomic mass is 35.5. The average molecular weight is 485 g/mol. The second-order valence-electron chi connectivity index (χ2n) is 6.73. The Labute approximate surface area is 202 Å². The predicted molar refractivity (Wildman–Crippen MR) is 131 cm³/mol. The van der Waals surface area contributed by atoms with E-state index in [9.17, 15) is 4.79 Å². The fourth-order valence-electron chi connectivity index (χ4n) is 2.83. The number of carbonyl (C=O) groups is 1. The SMILES string of the molecule is C=CCOc1ccc(/C=N/NC(=O)c2ccccc2OCc2ccc(Cl)cc2Cl)cc1OC. The van der Waals surface area contributed by atoms with Crippen molar-refractivity contribution in [2.75, 3.05) is 13.7 Å². The fraction of sp³-hybridized carbons (Fsp3) is 0.120. The zero-order chi connectivity index (χ0) is 23.6. The van der Waals surface area contributed by atoms with Crippen LogP contribution < -0.4 is 19.6 Å². The van der Waals surface area contributed by atoms with Gasteiger partial charge in [0.15, 0.2) is 11.5 Å². The number of amides is 1. The zero-order valence-electron chi connectivity index (χ0n) is 17.9. The van der Waals surface area contributed by atoms with E-state index in [1.807, 2.05) is 0 Å². The van der Waals surface area contributed by atoms with Gasteiger partial charge in [-0.1, -0.05) is 54.1 Å². The van der Waals surface area contributed by atoms with Crippen LogP contribution in [0.2, 0.25) is 10.0 Å². The van der Waals surface area contributed by atoms with Gasteiger partial charge in [0.1, 0.15) is 19.0 Å². The maximum atomic E-state index is 12.7. The van der Waals surface area contributed by atoms with Gasteiger partial charge >= 0.3 is 0 Å². The summed E-state index contributed by atoms with van der Waals surface area (Å²) < 4.78 is 16.7. The third-order valence-corrected chi connectivity index (χ3v) is 5.04. The van der Waals surface area contributed by atoms with Crippen LogP contribution in [0.4, 0.5) is 0 Å². The van der Waals surface area contributed by atoms with E-state index in [1.54, 1.807) is 73.8 Å². The van der Waals surface area contributed by atoms with Crippen LogP contribution in [-0.2, 0) is 6.61 Å². The normalized spacial score (nSPS) is 10.6. The summed E-state index contributed by atoms with van der Waals surface area (Å²) in [4.78, 5) is 12.7. The first kappa shape index (κ1) is 24.2. The van der Waals surface area contributed by atoms with E-state index in [0.29, 0.717) is 39.5 Å². The molecule has 0 heterocycles. The van der Waals surface area contributed by atoms with E-state index in [2.05, 4.69) is 17.1 Å². The Morgan fingerprint density at radius 3 is 2.61 bits per heavy atom. The quantitative estimate of drug-likeness (QED) is 0.220. The Bertz CT molecular complexity index is 1160. The third-order valence-electron chi connectivity index (χ3n) is 4.45. The molecule has 0 aliphatic heterocycles. The highest BCUT2D eigenvalue weighted by Crippen LogP contribution is 2.28. The molecule has 1 N–H and O–H groups in total. The van der Waals surface area contributed by atoms with Crippen LogP contribution in [-0.4, -0.2) is 25.8 Å². The summed E-state index contributed by atoms with van der Waals surface area (Å²) in [6.45, 7) is 4.17. The van der Waals surface area contributed by atoms with Crippen molar-refractivity contribution in [3.8, 4) is 17.2 Å². The van der Waals surface area contributed by atoms with Crippen molar-refractivity contribution < 1.29 is 19.0 Å². The first-order valence-electron chi connectivity index (χ1n) is 9.92. The molecule has 170 valence electrons. The standard InChI is InChI=1S/C25H22Cl2N2O4/c1-3-12-32-23-11-8-17(13-24(23)31-2)15-28-29-25(30)20-6-4-5-7-22(20)33-16-18-9-10-19(26)14-21(18)27/h3-11,13-15H,1,12,16H2,2H3,(H,29,30)/b28-15+. The van der Waals surface area contributed by atoms with E-state index < -0.39 is 5.91 Å². The maximum absolute atomic E-state index is 12.7. The molecule has 0 saturated carbocycles. The van der Waals surface area contributed by atoms with Crippen LogP contribution in [0.1, 0.15) is 21.5 Å². The van der Waals surface area contributed by atoms with Gasteiger partial charge in [0.05, 0.1) is 18.9 Å². The Hall–Kier alpha value is -3.48. The molecule has 3 rings (SSSR count). The number of benzene rings is 3. The summed E-state index contributed by atoms with van der Waals surface area (Å²) in [7, 11) is 1.55. The number of hydrogen-bond acceptors (Lipinski definition) is 5. The molecule has 3 aromatic rings. The fourth-order valence-corrected chi connectivity index (χ4v) is 3.30. The lowest BCUT2D eigenvalue weighted by molar-refractivity contribution is 0.0950. The first-order chi connectivity index (χ1) is 16.0. The summed E-state index contributed by atoms with van der Waals surface area (Å²) >= 11 is 12.1. The number of halogens is 2. The van der Waals surface area contributed by atoms with Gasteiger partial charge in [0.25, 0.3) is 5.91 Å². The lowest BCUT2D eigenvalue weighted by Crippen LogP contribution is -2.18. The van der Waals surface area contributed by atoms with Crippen molar-refractivity contribution in [1.29, 1.82) is 0 Å². The molecule has 0 saturated heterocycles. The minimum atomic E-state index is -0.415. The molecule has 0 radical (unpaired) electrons. The minimum Gasteiger partial charge on any atom is -0.493 e. The molecule has 0 aromatic heterocycles. The minimum absolute atomic E-state index is 0.184. The van der Waals surface area contributed by atoms with Gasteiger partial charge in [0.2, 0.25) is 0 Å². The van der Waals surface area contributed by atoms with Gasteiger partial charge in [-0.25, -0.2) is 5.43 Å². The molecule has 0 fully saturated rings. The molecule has 0 spiro atoms.